The summed E-state index contributed by atoms with van der Waals surface area (Å²) in [6.45, 7) is 5.27. The smallest absolute Gasteiger partial charge is 0.243 e. The number of allylic oxidation sites excluding steroid dienone is 3. The molecule has 1 aliphatic rings. The number of nitrogens with one attached hydrogen (secondary N) is 1. The minimum atomic E-state index is -0.00807. The van der Waals surface area contributed by atoms with Crippen LogP contribution in [0.4, 0.5) is 0 Å². The zero-order chi connectivity index (χ0) is 22.2. The molecule has 172 valence electrons. The van der Waals surface area contributed by atoms with Gasteiger partial charge in [-0.25, -0.2) is 0 Å². The first kappa shape index (κ1) is 25.0. The molecule has 2 rings (SSSR count). The van der Waals surface area contributed by atoms with Crippen LogP contribution in [-0.2, 0) is 11.2 Å². The molecule has 4 nitrogen and oxygen atoms in total. The highest BCUT2D eigenvalue weighted by atomic mass is 16.7. The highest BCUT2D eigenvalue weighted by molar-refractivity contribution is 5.87. The Labute approximate surface area is 189 Å². The average molecular weight is 428 g/mol. The Hall–Kier alpha value is -2.23. The Morgan fingerprint density at radius 2 is 1.61 bits per heavy atom. The van der Waals surface area contributed by atoms with Gasteiger partial charge in [-0.1, -0.05) is 83.1 Å². The van der Waals surface area contributed by atoms with Gasteiger partial charge in [-0.15, -0.1) is 0 Å². The van der Waals surface area contributed by atoms with E-state index in [1.807, 2.05) is 18.2 Å². The normalized spacial score (nSPS) is 13.0. The zero-order valence-electron chi connectivity index (χ0n) is 19.5. The minimum Gasteiger partial charge on any atom is -0.454 e. The number of hydrogen-bond donors (Lipinski definition) is 1. The molecule has 0 spiro atoms. The number of amides is 1. The Bertz CT molecular complexity index is 694. The van der Waals surface area contributed by atoms with Crippen LogP contribution in [0.25, 0.3) is 0 Å². The van der Waals surface area contributed by atoms with Crippen molar-refractivity contribution in [2.45, 2.75) is 84.5 Å². The zero-order valence-corrected chi connectivity index (χ0v) is 19.5. The summed E-state index contributed by atoms with van der Waals surface area (Å²) in [6.07, 6.45) is 21.6. The van der Waals surface area contributed by atoms with Crippen molar-refractivity contribution in [2.75, 3.05) is 13.3 Å². The Kier molecular flexibility index (Phi) is 12.6. The lowest BCUT2D eigenvalue weighted by atomic mass is 10.0. The summed E-state index contributed by atoms with van der Waals surface area (Å²) in [4.78, 5) is 11.5. The van der Waals surface area contributed by atoms with Gasteiger partial charge in [-0.3, -0.25) is 4.79 Å². The molecule has 0 fully saturated rings. The molecule has 1 amide bonds. The number of aryl methyl sites for hydroxylation is 1. The lowest BCUT2D eigenvalue weighted by Crippen LogP contribution is -2.25. The van der Waals surface area contributed by atoms with E-state index in [-0.39, 0.29) is 5.91 Å². The predicted molar refractivity (Wildman–Crippen MR) is 129 cm³/mol. The summed E-state index contributed by atoms with van der Waals surface area (Å²) in [7, 11) is 0. The fourth-order valence-electron chi connectivity index (χ4n) is 3.61. The van der Waals surface area contributed by atoms with E-state index in [9.17, 15) is 4.79 Å². The fourth-order valence-corrected chi connectivity index (χ4v) is 3.61. The maximum Gasteiger partial charge on any atom is 0.243 e. The number of rotatable bonds is 16. The highest BCUT2D eigenvalue weighted by Gasteiger charge is 2.12. The average Bonchev–Trinajstić information content (AvgIpc) is 3.23. The summed E-state index contributed by atoms with van der Waals surface area (Å²) < 4.78 is 10.8. The van der Waals surface area contributed by atoms with Crippen molar-refractivity contribution in [3.05, 3.63) is 48.1 Å². The highest BCUT2D eigenvalue weighted by Crippen LogP contribution is 2.32. The van der Waals surface area contributed by atoms with E-state index in [0.717, 1.165) is 30.9 Å². The summed E-state index contributed by atoms with van der Waals surface area (Å²) in [5, 5.41) is 2.88. The number of carbonyl (C=O) groups is 1. The van der Waals surface area contributed by atoms with E-state index in [1.165, 1.54) is 63.4 Å². The summed E-state index contributed by atoms with van der Waals surface area (Å²) in [5.74, 6) is 2.25. The monoisotopic (exact) mass is 427 g/mol. The second-order valence-corrected chi connectivity index (χ2v) is 8.83. The van der Waals surface area contributed by atoms with Gasteiger partial charge in [0.1, 0.15) is 0 Å². The lowest BCUT2D eigenvalue weighted by molar-refractivity contribution is -0.116. The number of carbonyl (C=O) groups excluding carboxylic acids is 1. The molecule has 1 aromatic rings. The summed E-state index contributed by atoms with van der Waals surface area (Å²) >= 11 is 0. The van der Waals surface area contributed by atoms with Crippen LogP contribution in [-0.4, -0.2) is 19.2 Å². The van der Waals surface area contributed by atoms with Crippen molar-refractivity contribution in [3.63, 3.8) is 0 Å². The first-order chi connectivity index (χ1) is 15.1. The second kappa shape index (κ2) is 15.6. The molecule has 1 aromatic carbocycles. The van der Waals surface area contributed by atoms with E-state index in [2.05, 4.69) is 37.4 Å². The third kappa shape index (κ3) is 11.7. The standard InChI is InChI=1S/C27H41NO3/c1-23(2)21-28-27(29)17-15-13-11-9-7-5-3-4-6-8-10-12-14-16-24-18-19-25-26(20-24)31-22-30-25/h11,13,15,17-20,23H,3-10,12,14,16,21-22H2,1-2H3,(H,28,29). The third-order valence-corrected chi connectivity index (χ3v) is 5.45. The first-order valence-electron chi connectivity index (χ1n) is 12.1. The van der Waals surface area contributed by atoms with Gasteiger partial charge < -0.3 is 14.8 Å². The molecule has 4 heteroatoms. The maximum atomic E-state index is 11.5. The Morgan fingerprint density at radius 1 is 0.935 bits per heavy atom. The van der Waals surface area contributed by atoms with E-state index in [4.69, 9.17) is 9.47 Å². The van der Waals surface area contributed by atoms with Crippen LogP contribution in [0.2, 0.25) is 0 Å². The molecule has 0 aliphatic carbocycles. The number of unbranched alkanes of at least 4 members (excludes halogenated alkanes) is 9. The largest absolute Gasteiger partial charge is 0.454 e. The molecular formula is C27H41NO3. The van der Waals surface area contributed by atoms with Gasteiger partial charge in [0, 0.05) is 12.6 Å². The molecule has 0 bridgehead atoms. The van der Waals surface area contributed by atoms with Gasteiger partial charge in [0.05, 0.1) is 0 Å². The molecule has 0 saturated heterocycles. The fraction of sp³-hybridized carbons (Fsp3) is 0.593. The second-order valence-electron chi connectivity index (χ2n) is 8.83. The van der Waals surface area contributed by atoms with E-state index >= 15 is 0 Å². The van der Waals surface area contributed by atoms with Crippen molar-refractivity contribution in [2.24, 2.45) is 5.92 Å². The van der Waals surface area contributed by atoms with E-state index < -0.39 is 0 Å². The maximum absolute atomic E-state index is 11.5. The van der Waals surface area contributed by atoms with Gasteiger partial charge >= 0.3 is 0 Å². The number of fused-ring (bicyclic) bond motifs is 1. The molecule has 1 aliphatic heterocycles. The van der Waals surface area contributed by atoms with E-state index in [1.54, 1.807) is 6.08 Å². The molecule has 1 heterocycles. The molecule has 0 unspecified atom stereocenters. The van der Waals surface area contributed by atoms with E-state index in [0.29, 0.717) is 12.7 Å². The van der Waals surface area contributed by atoms with Crippen molar-refractivity contribution in [3.8, 4) is 11.5 Å². The molecule has 0 atom stereocenters. The van der Waals surface area contributed by atoms with Gasteiger partial charge in [0.2, 0.25) is 12.7 Å². The number of benzene rings is 1. The van der Waals surface area contributed by atoms with Crippen molar-refractivity contribution < 1.29 is 14.3 Å². The van der Waals surface area contributed by atoms with Crippen molar-refractivity contribution in [1.82, 2.24) is 5.32 Å². The molecule has 0 saturated carbocycles. The molecular weight excluding hydrogens is 386 g/mol. The van der Waals surface area contributed by atoms with Crippen LogP contribution in [0.15, 0.2) is 42.5 Å². The minimum absolute atomic E-state index is 0.00807. The van der Waals surface area contributed by atoms with Crippen LogP contribution < -0.4 is 14.8 Å². The van der Waals surface area contributed by atoms with Crippen LogP contribution in [0.3, 0.4) is 0 Å². The molecule has 1 N–H and O–H groups in total. The van der Waals surface area contributed by atoms with Gasteiger partial charge in [0.25, 0.3) is 0 Å². The summed E-state index contributed by atoms with van der Waals surface area (Å²) in [6, 6.07) is 6.31. The van der Waals surface area contributed by atoms with Crippen LogP contribution in [0.1, 0.15) is 83.6 Å². The van der Waals surface area contributed by atoms with Crippen molar-refractivity contribution >= 4 is 5.91 Å². The Balaban J connectivity index is 1.35. The van der Waals surface area contributed by atoms with Crippen molar-refractivity contribution in [1.29, 1.82) is 0 Å². The van der Waals surface area contributed by atoms with Gasteiger partial charge in [-0.05, 0) is 49.3 Å². The molecule has 0 aromatic heterocycles. The SMILES string of the molecule is CC(C)CNC(=O)C=CC=CCCCCCCCCCCCc1ccc2c(c1)OCO2. The summed E-state index contributed by atoms with van der Waals surface area (Å²) in [5.41, 5.74) is 1.35. The molecule has 0 radical (unpaired) electrons. The van der Waals surface area contributed by atoms with Crippen LogP contribution in [0.5, 0.6) is 11.5 Å². The van der Waals surface area contributed by atoms with Crippen LogP contribution in [0, 0.1) is 5.92 Å². The molecule has 31 heavy (non-hydrogen) atoms. The van der Waals surface area contributed by atoms with Crippen LogP contribution >= 0.6 is 0 Å². The predicted octanol–water partition coefficient (Wildman–Crippen LogP) is 6.74. The first-order valence-corrected chi connectivity index (χ1v) is 12.1. The van der Waals surface area contributed by atoms with Gasteiger partial charge in [0.15, 0.2) is 11.5 Å². The quantitative estimate of drug-likeness (QED) is 0.180. The number of ether oxygens (including phenoxy) is 2. The Morgan fingerprint density at radius 3 is 2.35 bits per heavy atom. The third-order valence-electron chi connectivity index (χ3n) is 5.45. The van der Waals surface area contributed by atoms with Gasteiger partial charge in [-0.2, -0.15) is 0 Å². The lowest BCUT2D eigenvalue weighted by Gasteiger charge is -2.04. The number of hydrogen-bond acceptors (Lipinski definition) is 3. The topological polar surface area (TPSA) is 47.6 Å².